The smallest absolute Gasteiger partial charge is 0.406 e. The third-order valence-corrected chi connectivity index (χ3v) is 9.34. The van der Waals surface area contributed by atoms with Crippen LogP contribution in [0, 0.1) is 11.7 Å². The first-order chi connectivity index (χ1) is 19.5. The van der Waals surface area contributed by atoms with Gasteiger partial charge < -0.3 is 4.74 Å². The van der Waals surface area contributed by atoms with Crippen LogP contribution in [0.1, 0.15) is 60.8 Å². The zero-order valence-corrected chi connectivity index (χ0v) is 23.5. The van der Waals surface area contributed by atoms with Crippen molar-refractivity contribution in [3.05, 3.63) is 88.7 Å². The lowest BCUT2D eigenvalue weighted by molar-refractivity contribution is -0.274. The molecule has 0 atom stereocenters. The summed E-state index contributed by atoms with van der Waals surface area (Å²) in [5.74, 6) is -0.0651. The number of sulfonamides is 1. The van der Waals surface area contributed by atoms with Crippen LogP contribution in [0.4, 0.5) is 23.2 Å². The van der Waals surface area contributed by atoms with Gasteiger partial charge in [0, 0.05) is 19.6 Å². The number of anilines is 1. The Balaban J connectivity index is 1.17. The molecule has 1 N–H and O–H groups in total. The maximum Gasteiger partial charge on any atom is 0.573 e. The minimum atomic E-state index is -4.73. The van der Waals surface area contributed by atoms with Crippen LogP contribution in [0.15, 0.2) is 65.6 Å². The number of ether oxygens (including phenoxy) is 1. The van der Waals surface area contributed by atoms with Gasteiger partial charge in [0.2, 0.25) is 0 Å². The first-order valence-electron chi connectivity index (χ1n) is 14.0. The Hall–Kier alpha value is -3.11. The summed E-state index contributed by atoms with van der Waals surface area (Å²) in [6.07, 6.45) is 4.01. The molecule has 0 bridgehead atoms. The molecule has 1 aliphatic heterocycles. The van der Waals surface area contributed by atoms with Gasteiger partial charge in [-0.25, -0.2) is 12.8 Å². The zero-order valence-electron chi connectivity index (χ0n) is 22.7. The van der Waals surface area contributed by atoms with Gasteiger partial charge in [-0.2, -0.15) is 0 Å². The Kier molecular flexibility index (Phi) is 8.89. The van der Waals surface area contributed by atoms with Gasteiger partial charge in [-0.1, -0.05) is 56.4 Å². The van der Waals surface area contributed by atoms with Crippen LogP contribution in [0.25, 0.3) is 0 Å². The quantitative estimate of drug-likeness (QED) is 0.247. The van der Waals surface area contributed by atoms with Crippen molar-refractivity contribution in [1.29, 1.82) is 0 Å². The van der Waals surface area contributed by atoms with E-state index in [4.69, 9.17) is 0 Å². The molecule has 0 radical (unpaired) electrons. The molecule has 1 aliphatic carbocycles. The van der Waals surface area contributed by atoms with Gasteiger partial charge in [-0.3, -0.25) is 9.62 Å². The van der Waals surface area contributed by atoms with E-state index in [9.17, 15) is 26.0 Å². The fourth-order valence-corrected chi connectivity index (χ4v) is 6.96. The van der Waals surface area contributed by atoms with Crippen molar-refractivity contribution in [1.82, 2.24) is 4.90 Å². The highest BCUT2D eigenvalue weighted by molar-refractivity contribution is 7.92. The molecule has 3 aromatic rings. The van der Waals surface area contributed by atoms with Crippen LogP contribution in [-0.4, -0.2) is 26.2 Å². The summed E-state index contributed by atoms with van der Waals surface area (Å²) in [5, 5.41) is 0. The van der Waals surface area contributed by atoms with E-state index in [-0.39, 0.29) is 16.3 Å². The van der Waals surface area contributed by atoms with Gasteiger partial charge in [0.15, 0.2) is 0 Å². The van der Waals surface area contributed by atoms with E-state index in [1.54, 1.807) is 30.3 Å². The maximum atomic E-state index is 14.8. The molecule has 5 rings (SSSR count). The van der Waals surface area contributed by atoms with E-state index in [1.165, 1.54) is 56.0 Å². The minimum Gasteiger partial charge on any atom is -0.406 e. The van der Waals surface area contributed by atoms with E-state index in [2.05, 4.69) is 14.4 Å². The van der Waals surface area contributed by atoms with Crippen LogP contribution < -0.4 is 9.46 Å². The Bertz CT molecular complexity index is 1450. The predicted octanol–water partition coefficient (Wildman–Crippen LogP) is 7.60. The molecule has 3 aromatic carbocycles. The highest BCUT2D eigenvalue weighted by atomic mass is 32.2. The van der Waals surface area contributed by atoms with Crippen molar-refractivity contribution < 1.29 is 30.7 Å². The Morgan fingerprint density at radius 2 is 1.66 bits per heavy atom. The maximum absolute atomic E-state index is 14.8. The van der Waals surface area contributed by atoms with Crippen LogP contribution in [-0.2, 0) is 36.0 Å². The summed E-state index contributed by atoms with van der Waals surface area (Å²) in [6, 6.07) is 15.4. The largest absolute Gasteiger partial charge is 0.573 e. The van der Waals surface area contributed by atoms with Gasteiger partial charge >= 0.3 is 6.36 Å². The van der Waals surface area contributed by atoms with Gasteiger partial charge in [0.05, 0.1) is 10.6 Å². The molecule has 0 spiro atoms. The number of alkyl halides is 3. The predicted molar refractivity (Wildman–Crippen MR) is 149 cm³/mol. The molecule has 1 fully saturated rings. The summed E-state index contributed by atoms with van der Waals surface area (Å²) >= 11 is 0. The SMILES string of the molecule is O=S(=O)(Nc1ccc(CCCC2CCCC2)cc1F)c1ccc2c(c1)CCN(Cc1ccc(OC(F)(F)F)cc1)C2. The van der Waals surface area contributed by atoms with Crippen molar-refractivity contribution in [2.45, 2.75) is 75.7 Å². The number of aryl methyl sites for hydroxylation is 1. The van der Waals surface area contributed by atoms with Gasteiger partial charge in [-0.15, -0.1) is 13.2 Å². The lowest BCUT2D eigenvalue weighted by Gasteiger charge is -2.29. The van der Waals surface area contributed by atoms with Crippen LogP contribution >= 0.6 is 0 Å². The van der Waals surface area contributed by atoms with Crippen molar-refractivity contribution in [2.24, 2.45) is 5.92 Å². The number of benzene rings is 3. The molecule has 0 saturated heterocycles. The van der Waals surface area contributed by atoms with Crippen molar-refractivity contribution >= 4 is 15.7 Å². The van der Waals surface area contributed by atoms with E-state index in [0.29, 0.717) is 26.1 Å². The summed E-state index contributed by atoms with van der Waals surface area (Å²) < 4.78 is 84.5. The van der Waals surface area contributed by atoms with Gasteiger partial charge in [0.25, 0.3) is 10.0 Å². The zero-order chi connectivity index (χ0) is 29.0. The number of fused-ring (bicyclic) bond motifs is 1. The number of hydrogen-bond acceptors (Lipinski definition) is 4. The second kappa shape index (κ2) is 12.4. The summed E-state index contributed by atoms with van der Waals surface area (Å²) in [5.41, 5.74) is 3.51. The standard InChI is InChI=1S/C31H34F4N2O3S/c32-29-18-23(7-3-6-22-4-1-2-5-22)10-15-30(29)36-41(38,39)28-14-11-26-21-37(17-16-25(26)19-28)20-24-8-12-27(13-9-24)40-31(33,34)35/h8-15,18-19,22,36H,1-7,16-17,20-21H2. The average molecular weight is 591 g/mol. The molecule has 5 nitrogen and oxygen atoms in total. The van der Waals surface area contributed by atoms with Crippen molar-refractivity contribution in [2.75, 3.05) is 11.3 Å². The van der Waals surface area contributed by atoms with Crippen LogP contribution in [0.2, 0.25) is 0 Å². The number of hydrogen-bond donors (Lipinski definition) is 1. The number of halogens is 4. The first-order valence-corrected chi connectivity index (χ1v) is 15.5. The summed E-state index contributed by atoms with van der Waals surface area (Å²) in [7, 11) is -3.98. The van der Waals surface area contributed by atoms with Crippen molar-refractivity contribution in [3.63, 3.8) is 0 Å². The molecule has 1 saturated carbocycles. The molecular formula is C31H34F4N2O3S. The Labute approximate surface area is 238 Å². The van der Waals surface area contributed by atoms with E-state index in [1.807, 2.05) is 0 Å². The number of rotatable bonds is 10. The number of nitrogens with zero attached hydrogens (tertiary/aromatic N) is 1. The summed E-state index contributed by atoms with van der Waals surface area (Å²) in [4.78, 5) is 2.21. The topological polar surface area (TPSA) is 58.6 Å². The monoisotopic (exact) mass is 590 g/mol. The van der Waals surface area contributed by atoms with E-state index >= 15 is 0 Å². The fourth-order valence-electron chi connectivity index (χ4n) is 5.84. The molecule has 2 aliphatic rings. The second-order valence-electron chi connectivity index (χ2n) is 11.0. The molecule has 1 heterocycles. The second-order valence-corrected chi connectivity index (χ2v) is 12.7. The third kappa shape index (κ3) is 8.01. The molecule has 0 amide bonds. The van der Waals surface area contributed by atoms with Gasteiger partial charge in [0.1, 0.15) is 11.6 Å². The van der Waals surface area contributed by atoms with Crippen LogP contribution in [0.3, 0.4) is 0 Å². The number of nitrogens with one attached hydrogen (secondary N) is 1. The lowest BCUT2D eigenvalue weighted by Crippen LogP contribution is -2.30. The normalized spacial score (nSPS) is 16.5. The minimum absolute atomic E-state index is 0.0694. The highest BCUT2D eigenvalue weighted by Gasteiger charge is 2.31. The molecule has 41 heavy (non-hydrogen) atoms. The lowest BCUT2D eigenvalue weighted by atomic mass is 9.98. The van der Waals surface area contributed by atoms with E-state index < -0.39 is 22.2 Å². The Morgan fingerprint density at radius 1 is 0.927 bits per heavy atom. The van der Waals surface area contributed by atoms with E-state index in [0.717, 1.165) is 47.4 Å². The van der Waals surface area contributed by atoms with Crippen molar-refractivity contribution in [3.8, 4) is 5.75 Å². The molecule has 0 unspecified atom stereocenters. The summed E-state index contributed by atoms with van der Waals surface area (Å²) in [6.45, 7) is 1.76. The fraction of sp³-hybridized carbons (Fsp3) is 0.419. The third-order valence-electron chi connectivity index (χ3n) is 7.97. The first kappa shape index (κ1) is 29.4. The van der Waals surface area contributed by atoms with Gasteiger partial charge in [-0.05, 0) is 83.8 Å². The molecular weight excluding hydrogens is 556 g/mol. The molecule has 10 heteroatoms. The van der Waals surface area contributed by atoms with Crippen LogP contribution in [0.5, 0.6) is 5.75 Å². The molecule has 220 valence electrons. The average Bonchev–Trinajstić information content (AvgIpc) is 3.44. The highest BCUT2D eigenvalue weighted by Crippen LogP contribution is 2.30. The Morgan fingerprint density at radius 3 is 2.37 bits per heavy atom. The molecule has 0 aromatic heterocycles.